The number of phosphoric ester groups is 2. The maximum atomic E-state index is 13.1. The second kappa shape index (κ2) is 80.9. The van der Waals surface area contributed by atoms with E-state index in [1.54, 1.807) is 0 Å². The highest BCUT2D eigenvalue weighted by atomic mass is 31.2. The second-order valence-corrected chi connectivity index (χ2v) is 29.8. The van der Waals surface area contributed by atoms with Gasteiger partial charge in [-0.05, 0) is 180 Å². The molecule has 0 aromatic carbocycles. The molecule has 19 heteroatoms. The number of hydrogen-bond donors (Lipinski definition) is 3. The van der Waals surface area contributed by atoms with Gasteiger partial charge >= 0.3 is 39.5 Å². The van der Waals surface area contributed by atoms with Gasteiger partial charge in [0.2, 0.25) is 0 Å². The Morgan fingerprint density at radius 2 is 0.491 bits per heavy atom. The number of esters is 4. The number of aliphatic hydroxyl groups excluding tert-OH is 1. The molecule has 5 atom stereocenters. The van der Waals surface area contributed by atoms with Gasteiger partial charge in [-0.15, -0.1) is 0 Å². The van der Waals surface area contributed by atoms with Crippen molar-refractivity contribution in [3.05, 3.63) is 194 Å². The van der Waals surface area contributed by atoms with Crippen molar-refractivity contribution in [3.63, 3.8) is 0 Å². The fourth-order valence-electron chi connectivity index (χ4n) is 10.2. The normalized spacial score (nSPS) is 14.8. The summed E-state index contributed by atoms with van der Waals surface area (Å²) in [6.07, 6.45) is 99.9. The SMILES string of the molecule is CC/C=C\C/C=C\C/C=C\C/C=C\C/C=C\CCCCCC(=O)OC[C@H](COP(=O)(O)OC[C@@H](O)COP(=O)(O)OC[C@@H](COC(=O)CCCCC/C=C\C/C=C\C/C=C\C/C=C\C/C=C\CC)OC(=O)CCCCCCC/C=C\CCCCCC)OC(=O)CC/C=C\C/C=C\C/C=C\C/C=C\C/C=C\CCCCC. The third kappa shape index (κ3) is 80.0. The minimum Gasteiger partial charge on any atom is -0.462 e. The number of phosphoric acid groups is 2. The number of unbranched alkanes of at least 4 members (excludes halogenated alkanes) is 18. The minimum atomic E-state index is -5.02. The van der Waals surface area contributed by atoms with Gasteiger partial charge in [-0.25, -0.2) is 9.13 Å². The smallest absolute Gasteiger partial charge is 0.462 e. The van der Waals surface area contributed by atoms with Gasteiger partial charge in [0, 0.05) is 25.7 Å². The van der Waals surface area contributed by atoms with Crippen LogP contribution in [0.2, 0.25) is 0 Å². The third-order valence-electron chi connectivity index (χ3n) is 16.5. The lowest BCUT2D eigenvalue weighted by Crippen LogP contribution is -2.30. The number of rotatable bonds is 76. The van der Waals surface area contributed by atoms with E-state index in [0.29, 0.717) is 32.1 Å². The number of carbonyl (C=O) groups excluding carboxylic acids is 4. The van der Waals surface area contributed by atoms with Gasteiger partial charge < -0.3 is 33.8 Å². The Hall–Kier alpha value is -6.10. The first kappa shape index (κ1) is 104. The van der Waals surface area contributed by atoms with E-state index in [9.17, 15) is 43.2 Å². The van der Waals surface area contributed by atoms with Crippen molar-refractivity contribution in [2.24, 2.45) is 0 Å². The largest absolute Gasteiger partial charge is 0.472 e. The molecule has 3 N–H and O–H groups in total. The number of carbonyl (C=O) groups is 4. The first-order chi connectivity index (χ1) is 53.7. The Bertz CT molecular complexity index is 2850. The number of aliphatic hydroxyl groups is 1. The van der Waals surface area contributed by atoms with E-state index >= 15 is 0 Å². The van der Waals surface area contributed by atoms with Crippen LogP contribution < -0.4 is 0 Å². The zero-order valence-electron chi connectivity index (χ0n) is 68.1. The van der Waals surface area contributed by atoms with Gasteiger partial charge in [0.1, 0.15) is 19.3 Å². The maximum absolute atomic E-state index is 13.1. The molecule has 0 aromatic heterocycles. The van der Waals surface area contributed by atoms with Crippen LogP contribution in [0.15, 0.2) is 194 Å². The van der Waals surface area contributed by atoms with Crippen LogP contribution >= 0.6 is 15.6 Å². The summed E-state index contributed by atoms with van der Waals surface area (Å²) in [7, 11) is -10.0. The Kier molecular flexibility index (Phi) is 76.4. The molecule has 0 rings (SSSR count). The summed E-state index contributed by atoms with van der Waals surface area (Å²) in [6.45, 7) is 4.42. The maximum Gasteiger partial charge on any atom is 0.472 e. The minimum absolute atomic E-state index is 0.0446. The Labute approximate surface area is 666 Å². The molecule has 110 heavy (non-hydrogen) atoms. The quantitative estimate of drug-likeness (QED) is 0.0169. The lowest BCUT2D eigenvalue weighted by molar-refractivity contribution is -0.161. The molecule has 0 spiro atoms. The van der Waals surface area contributed by atoms with Crippen molar-refractivity contribution >= 4 is 39.5 Å². The Morgan fingerprint density at radius 1 is 0.264 bits per heavy atom. The predicted molar refractivity (Wildman–Crippen MR) is 454 cm³/mol. The first-order valence-electron chi connectivity index (χ1n) is 41.7. The third-order valence-corrected chi connectivity index (χ3v) is 18.4. The van der Waals surface area contributed by atoms with Crippen molar-refractivity contribution in [1.82, 2.24) is 0 Å². The highest BCUT2D eigenvalue weighted by Crippen LogP contribution is 2.45. The molecule has 0 aromatic rings. The average Bonchev–Trinajstić information content (AvgIpc) is 0.900. The van der Waals surface area contributed by atoms with Crippen molar-refractivity contribution in [2.75, 3.05) is 39.6 Å². The van der Waals surface area contributed by atoms with Crippen LogP contribution in [-0.4, -0.2) is 96.7 Å². The predicted octanol–water partition coefficient (Wildman–Crippen LogP) is 24.9. The molecular weight excluding hydrogens is 1430 g/mol. The molecule has 0 fully saturated rings. The van der Waals surface area contributed by atoms with Gasteiger partial charge in [0.15, 0.2) is 12.2 Å². The molecule has 0 saturated heterocycles. The molecule has 0 aliphatic rings. The average molecular weight is 1570 g/mol. The van der Waals surface area contributed by atoms with Gasteiger partial charge in [-0.2, -0.15) is 0 Å². The fourth-order valence-corrected chi connectivity index (χ4v) is 11.8. The van der Waals surface area contributed by atoms with Crippen molar-refractivity contribution in [1.29, 1.82) is 0 Å². The van der Waals surface area contributed by atoms with E-state index in [2.05, 4.69) is 204 Å². The van der Waals surface area contributed by atoms with Crippen LogP contribution in [0.4, 0.5) is 0 Å². The molecule has 17 nitrogen and oxygen atoms in total. The monoisotopic (exact) mass is 1570 g/mol. The van der Waals surface area contributed by atoms with Crippen molar-refractivity contribution < 1.29 is 80.2 Å². The Morgan fingerprint density at radius 3 is 0.818 bits per heavy atom. The lowest BCUT2D eigenvalue weighted by Gasteiger charge is -2.21. The number of allylic oxidation sites excluding steroid dienone is 32. The van der Waals surface area contributed by atoms with Gasteiger partial charge in [0.25, 0.3) is 0 Å². The number of ether oxygens (including phenoxy) is 4. The van der Waals surface area contributed by atoms with E-state index in [1.807, 2.05) is 18.2 Å². The van der Waals surface area contributed by atoms with Crippen LogP contribution in [0, 0.1) is 0 Å². The highest BCUT2D eigenvalue weighted by Gasteiger charge is 2.30. The summed E-state index contributed by atoms with van der Waals surface area (Å²) >= 11 is 0. The summed E-state index contributed by atoms with van der Waals surface area (Å²) < 4.78 is 68.6. The van der Waals surface area contributed by atoms with Crippen molar-refractivity contribution in [3.8, 4) is 0 Å². The van der Waals surface area contributed by atoms with E-state index in [0.717, 1.165) is 167 Å². The van der Waals surface area contributed by atoms with Crippen molar-refractivity contribution in [2.45, 2.75) is 316 Å². The summed E-state index contributed by atoms with van der Waals surface area (Å²) in [4.78, 5) is 73.1. The van der Waals surface area contributed by atoms with E-state index < -0.39 is 97.5 Å². The summed E-state index contributed by atoms with van der Waals surface area (Å²) in [5, 5.41) is 10.7. The summed E-state index contributed by atoms with van der Waals surface area (Å²) in [6, 6.07) is 0. The molecule has 0 amide bonds. The zero-order chi connectivity index (χ0) is 80.3. The van der Waals surface area contributed by atoms with E-state index in [4.69, 9.17) is 37.0 Å². The Balaban J connectivity index is 5.52. The van der Waals surface area contributed by atoms with Crippen LogP contribution in [0.3, 0.4) is 0 Å². The molecule has 0 radical (unpaired) electrons. The molecule has 0 bridgehead atoms. The van der Waals surface area contributed by atoms with Crippen LogP contribution in [-0.2, 0) is 65.4 Å². The molecule has 0 aliphatic carbocycles. The van der Waals surface area contributed by atoms with Crippen LogP contribution in [0.1, 0.15) is 297 Å². The topological polar surface area (TPSA) is 237 Å². The second-order valence-electron chi connectivity index (χ2n) is 26.9. The number of hydrogen-bond acceptors (Lipinski definition) is 15. The van der Waals surface area contributed by atoms with Crippen LogP contribution in [0.5, 0.6) is 0 Å². The van der Waals surface area contributed by atoms with Crippen LogP contribution in [0.25, 0.3) is 0 Å². The van der Waals surface area contributed by atoms with E-state index in [1.165, 1.54) is 44.9 Å². The molecule has 622 valence electrons. The standard InChI is InChI=1S/C91H146O17P2/c1-5-9-13-17-21-25-29-33-36-39-42-45-48-52-55-59-63-67-71-75-88(93)101-81-86(107-90(95)77-73-69-65-61-57-51-32-28-24-20-16-12-8-4)83-105-109(97,98)103-79-85(92)80-104-110(99,100)106-84-87(108-91(96)78-74-70-66-62-58-54-50-47-44-41-38-35-31-27-23-19-15-11-7-3)82-102-89(94)76-72-68-64-60-56-53-49-46-43-40-37-34-30-26-22-18-14-10-6-2/h9-10,13-14,21-23,25-28,32-38,42-47,52-56,58,66,70,85-87,92H,5-8,11-12,15-20,24,29-31,39-41,48-51,57,59-65,67-69,71-84H2,1-4H3,(H,97,98)(H,99,100)/b13-9-,14-10-,25-21-,26-22-,27-23-,32-28-,36-33-,37-34-,38-35-,45-42-,46-43-,47-44-,55-52-,56-53-,58-54-,70-66-/t85-,86+,87+/m0/s1. The zero-order valence-corrected chi connectivity index (χ0v) is 69.9. The van der Waals surface area contributed by atoms with E-state index in [-0.39, 0.29) is 25.7 Å². The fraction of sp³-hybridized carbons (Fsp3) is 0.604. The molecule has 0 saturated carbocycles. The first-order valence-corrected chi connectivity index (χ1v) is 44.7. The van der Waals surface area contributed by atoms with Gasteiger partial charge in [-0.1, -0.05) is 286 Å². The molecular formula is C91H146O17P2. The molecule has 0 aliphatic heterocycles. The summed E-state index contributed by atoms with van der Waals surface area (Å²) in [5.41, 5.74) is 0. The molecule has 2 unspecified atom stereocenters. The van der Waals surface area contributed by atoms with Gasteiger partial charge in [-0.3, -0.25) is 37.3 Å². The summed E-state index contributed by atoms with van der Waals surface area (Å²) in [5.74, 6) is -2.37. The lowest BCUT2D eigenvalue weighted by atomic mass is 10.1. The molecule has 0 heterocycles. The highest BCUT2D eigenvalue weighted by molar-refractivity contribution is 7.47. The van der Waals surface area contributed by atoms with Gasteiger partial charge in [0.05, 0.1) is 26.4 Å².